The van der Waals surface area contributed by atoms with Gasteiger partial charge in [0.05, 0.1) is 11.8 Å². The van der Waals surface area contributed by atoms with Gasteiger partial charge in [-0.15, -0.1) is 0 Å². The molecule has 4 heteroatoms. The Morgan fingerprint density at radius 1 is 1.26 bits per heavy atom. The molecule has 1 aliphatic heterocycles. The van der Waals surface area contributed by atoms with E-state index in [0.717, 1.165) is 23.7 Å². The summed E-state index contributed by atoms with van der Waals surface area (Å²) in [6.07, 6.45) is 0.590. The van der Waals surface area contributed by atoms with E-state index in [1.807, 2.05) is 32.0 Å². The van der Waals surface area contributed by atoms with Gasteiger partial charge in [-0.05, 0) is 39.8 Å². The van der Waals surface area contributed by atoms with Crippen molar-refractivity contribution in [3.05, 3.63) is 18.2 Å². The Kier molecular flexibility index (Phi) is 3.98. The summed E-state index contributed by atoms with van der Waals surface area (Å²) in [5.41, 5.74) is 1.84. The molecule has 0 fully saturated rings. The van der Waals surface area contributed by atoms with Gasteiger partial charge in [0.2, 0.25) is 5.91 Å². The Hall–Kier alpha value is -1.71. The Balaban J connectivity index is 2.47. The normalized spacial score (nSPS) is 15.3. The first-order valence-corrected chi connectivity index (χ1v) is 6.85. The minimum atomic E-state index is 0.0456. The van der Waals surface area contributed by atoms with Crippen molar-refractivity contribution in [2.45, 2.75) is 46.3 Å². The maximum Gasteiger partial charge on any atom is 0.226 e. The van der Waals surface area contributed by atoms with E-state index in [0.29, 0.717) is 12.5 Å². The third kappa shape index (κ3) is 3.00. The van der Waals surface area contributed by atoms with Crippen LogP contribution in [0, 0.1) is 0 Å². The van der Waals surface area contributed by atoms with Crippen LogP contribution < -0.4 is 15.0 Å². The summed E-state index contributed by atoms with van der Waals surface area (Å²) >= 11 is 0. The van der Waals surface area contributed by atoms with E-state index in [2.05, 4.69) is 24.1 Å². The van der Waals surface area contributed by atoms with Gasteiger partial charge in [0.15, 0.2) is 0 Å². The largest absolute Gasteiger partial charge is 0.489 e. The van der Waals surface area contributed by atoms with Crippen molar-refractivity contribution in [2.24, 2.45) is 0 Å². The molecule has 0 saturated heterocycles. The Morgan fingerprint density at radius 3 is 2.63 bits per heavy atom. The summed E-state index contributed by atoms with van der Waals surface area (Å²) in [6.45, 7) is 8.98. The number of carbonyl (C=O) groups excluding carboxylic acids is 1. The number of rotatable bonds is 3. The molecule has 1 amide bonds. The summed E-state index contributed by atoms with van der Waals surface area (Å²) in [6, 6.07) is 6.27. The first-order valence-electron chi connectivity index (χ1n) is 6.85. The fraction of sp³-hybridized carbons (Fsp3) is 0.533. The average Bonchev–Trinajstić information content (AvgIpc) is 2.48. The molecule has 0 unspecified atom stereocenters. The van der Waals surface area contributed by atoms with Crippen molar-refractivity contribution in [1.29, 1.82) is 0 Å². The van der Waals surface area contributed by atoms with E-state index in [1.165, 1.54) is 0 Å². The van der Waals surface area contributed by atoms with Crippen molar-refractivity contribution in [1.82, 2.24) is 0 Å². The van der Waals surface area contributed by atoms with Crippen LogP contribution in [-0.2, 0) is 4.79 Å². The van der Waals surface area contributed by atoms with Crippen LogP contribution in [0.5, 0.6) is 5.75 Å². The molecule has 0 bridgehead atoms. The molecule has 1 N–H and O–H groups in total. The maximum absolute atomic E-state index is 11.9. The predicted octanol–water partition coefficient (Wildman–Crippen LogP) is 3.03. The van der Waals surface area contributed by atoms with Crippen LogP contribution in [0.4, 0.5) is 11.4 Å². The molecule has 1 aromatic rings. The molecule has 0 spiro atoms. The Morgan fingerprint density at radius 2 is 2.00 bits per heavy atom. The highest BCUT2D eigenvalue weighted by Gasteiger charge is 2.23. The topological polar surface area (TPSA) is 41.6 Å². The second kappa shape index (κ2) is 5.51. The molecule has 0 radical (unpaired) electrons. The summed E-state index contributed by atoms with van der Waals surface area (Å²) in [4.78, 5) is 14.1. The standard InChI is InChI=1S/C15H22N2O2/c1-10(2)17-9-8-14(18)16-15-12(17)6-5-7-13(15)19-11(3)4/h5-7,10-11H,8-9H2,1-4H3,(H,16,18). The highest BCUT2D eigenvalue weighted by molar-refractivity contribution is 5.98. The van der Waals surface area contributed by atoms with E-state index >= 15 is 0 Å². The number of amides is 1. The number of carbonyl (C=O) groups is 1. The summed E-state index contributed by atoms with van der Waals surface area (Å²) in [5, 5.41) is 2.98. The smallest absolute Gasteiger partial charge is 0.226 e. The molecule has 2 rings (SSSR count). The SMILES string of the molecule is CC(C)Oc1cccc2c1NC(=O)CCN2C(C)C. The van der Waals surface area contributed by atoms with E-state index in [4.69, 9.17) is 4.74 Å². The zero-order valence-corrected chi connectivity index (χ0v) is 12.1. The van der Waals surface area contributed by atoms with Gasteiger partial charge in [0.1, 0.15) is 11.4 Å². The lowest BCUT2D eigenvalue weighted by Gasteiger charge is -2.29. The van der Waals surface area contributed by atoms with Crippen molar-refractivity contribution in [3.8, 4) is 5.75 Å². The van der Waals surface area contributed by atoms with Gasteiger partial charge in [-0.2, -0.15) is 0 Å². The van der Waals surface area contributed by atoms with Crippen LogP contribution in [0.3, 0.4) is 0 Å². The first kappa shape index (κ1) is 13.7. The number of nitrogens with one attached hydrogen (secondary N) is 1. The summed E-state index contributed by atoms with van der Waals surface area (Å²) in [7, 11) is 0. The van der Waals surface area contributed by atoms with Crippen molar-refractivity contribution in [3.63, 3.8) is 0 Å². The molecule has 104 valence electrons. The molecule has 0 saturated carbocycles. The van der Waals surface area contributed by atoms with Crippen molar-refractivity contribution in [2.75, 3.05) is 16.8 Å². The minimum absolute atomic E-state index is 0.0456. The van der Waals surface area contributed by atoms with Gasteiger partial charge in [-0.25, -0.2) is 0 Å². The third-order valence-corrected chi connectivity index (χ3v) is 3.14. The average molecular weight is 262 g/mol. The fourth-order valence-corrected chi connectivity index (χ4v) is 2.32. The zero-order valence-electron chi connectivity index (χ0n) is 12.1. The minimum Gasteiger partial charge on any atom is -0.489 e. The number of para-hydroxylation sites is 1. The van der Waals surface area contributed by atoms with Crippen LogP contribution in [0.15, 0.2) is 18.2 Å². The maximum atomic E-state index is 11.9. The lowest BCUT2D eigenvalue weighted by molar-refractivity contribution is -0.116. The number of hydrogen-bond acceptors (Lipinski definition) is 3. The van der Waals surface area contributed by atoms with Crippen molar-refractivity contribution >= 4 is 17.3 Å². The number of benzene rings is 1. The van der Waals surface area contributed by atoms with Crippen LogP contribution in [0.2, 0.25) is 0 Å². The third-order valence-electron chi connectivity index (χ3n) is 3.14. The van der Waals surface area contributed by atoms with E-state index in [1.54, 1.807) is 0 Å². The number of hydrogen-bond donors (Lipinski definition) is 1. The fourth-order valence-electron chi connectivity index (χ4n) is 2.32. The van der Waals surface area contributed by atoms with Crippen LogP contribution in [0.1, 0.15) is 34.1 Å². The second-order valence-electron chi connectivity index (χ2n) is 5.40. The van der Waals surface area contributed by atoms with Crippen LogP contribution in [-0.4, -0.2) is 24.6 Å². The zero-order chi connectivity index (χ0) is 14.0. The number of ether oxygens (including phenoxy) is 1. The van der Waals surface area contributed by atoms with Gasteiger partial charge in [-0.3, -0.25) is 4.79 Å². The molecule has 1 aromatic carbocycles. The van der Waals surface area contributed by atoms with E-state index in [-0.39, 0.29) is 12.0 Å². The molecular weight excluding hydrogens is 240 g/mol. The Bertz CT molecular complexity index is 469. The molecular formula is C15H22N2O2. The molecule has 1 aliphatic rings. The lowest BCUT2D eigenvalue weighted by atomic mass is 10.2. The molecule has 0 aromatic heterocycles. The van der Waals surface area contributed by atoms with Gasteiger partial charge in [0, 0.05) is 19.0 Å². The van der Waals surface area contributed by atoms with E-state index < -0.39 is 0 Å². The van der Waals surface area contributed by atoms with E-state index in [9.17, 15) is 4.79 Å². The highest BCUT2D eigenvalue weighted by atomic mass is 16.5. The highest BCUT2D eigenvalue weighted by Crippen LogP contribution is 2.38. The van der Waals surface area contributed by atoms with Gasteiger partial charge in [0.25, 0.3) is 0 Å². The lowest BCUT2D eigenvalue weighted by Crippen LogP contribution is -2.31. The molecule has 1 heterocycles. The summed E-state index contributed by atoms with van der Waals surface area (Å²) < 4.78 is 5.80. The van der Waals surface area contributed by atoms with Crippen LogP contribution >= 0.6 is 0 Å². The summed E-state index contributed by atoms with van der Waals surface area (Å²) in [5.74, 6) is 0.789. The quantitative estimate of drug-likeness (QED) is 0.910. The monoisotopic (exact) mass is 262 g/mol. The number of fused-ring (bicyclic) bond motifs is 1. The van der Waals surface area contributed by atoms with Crippen molar-refractivity contribution < 1.29 is 9.53 Å². The molecule has 0 aliphatic carbocycles. The first-order chi connectivity index (χ1) is 8.99. The molecule has 0 atom stereocenters. The number of anilines is 2. The predicted molar refractivity (Wildman–Crippen MR) is 77.9 cm³/mol. The molecule has 19 heavy (non-hydrogen) atoms. The molecule has 4 nitrogen and oxygen atoms in total. The second-order valence-corrected chi connectivity index (χ2v) is 5.40. The number of nitrogens with zero attached hydrogens (tertiary/aromatic N) is 1. The van der Waals surface area contributed by atoms with Gasteiger partial charge in [-0.1, -0.05) is 6.07 Å². The van der Waals surface area contributed by atoms with Gasteiger partial charge >= 0.3 is 0 Å². The Labute approximate surface area is 114 Å². The van der Waals surface area contributed by atoms with Gasteiger partial charge < -0.3 is 15.0 Å². The van der Waals surface area contributed by atoms with Crippen LogP contribution in [0.25, 0.3) is 0 Å².